The van der Waals surface area contributed by atoms with Crippen LogP contribution in [0, 0.1) is 21.4 Å². The average Bonchev–Trinajstić information content (AvgIpc) is 2.86. The van der Waals surface area contributed by atoms with Crippen molar-refractivity contribution in [3.05, 3.63) is 97.5 Å². The van der Waals surface area contributed by atoms with Crippen molar-refractivity contribution in [3.8, 4) is 17.6 Å². The minimum absolute atomic E-state index is 0.0518. The van der Waals surface area contributed by atoms with Gasteiger partial charge in [0.25, 0.3) is 11.6 Å². The molecule has 0 saturated carbocycles. The van der Waals surface area contributed by atoms with Crippen LogP contribution >= 0.6 is 15.9 Å². The highest BCUT2D eigenvalue weighted by molar-refractivity contribution is 9.10. The molecule has 1 amide bonds. The molecule has 0 heterocycles. The Morgan fingerprint density at radius 3 is 2.49 bits per heavy atom. The van der Waals surface area contributed by atoms with E-state index < -0.39 is 22.6 Å². The maximum Gasteiger partial charge on any atom is 0.416 e. The van der Waals surface area contributed by atoms with Crippen LogP contribution in [0.3, 0.4) is 0 Å². The second-order valence-electron chi connectivity index (χ2n) is 7.45. The van der Waals surface area contributed by atoms with E-state index >= 15 is 0 Å². The summed E-state index contributed by atoms with van der Waals surface area (Å²) < 4.78 is 50.4. The number of non-ortho nitro benzene ring substituents is 1. The monoisotopic (exact) mass is 575 g/mol. The van der Waals surface area contributed by atoms with E-state index in [1.807, 2.05) is 0 Å². The summed E-state index contributed by atoms with van der Waals surface area (Å²) >= 11 is 3.36. The summed E-state index contributed by atoms with van der Waals surface area (Å²) in [5, 5.41) is 22.5. The minimum Gasteiger partial charge on any atom is -0.493 e. The molecule has 0 aromatic heterocycles. The molecule has 0 aliphatic rings. The summed E-state index contributed by atoms with van der Waals surface area (Å²) in [6.45, 7) is 0.0744. The molecule has 0 aliphatic heterocycles. The Hall–Kier alpha value is -4.37. The number of hydrogen-bond acceptors (Lipinski definition) is 6. The molecule has 8 nitrogen and oxygen atoms in total. The lowest BCUT2D eigenvalue weighted by Gasteiger charge is -2.14. The number of halogens is 4. The Morgan fingerprint density at radius 1 is 1.19 bits per heavy atom. The Balaban J connectivity index is 1.79. The third-order valence-corrected chi connectivity index (χ3v) is 5.49. The molecule has 1 N–H and O–H groups in total. The van der Waals surface area contributed by atoms with Crippen LogP contribution in [-0.4, -0.2) is 17.9 Å². The SMILES string of the molecule is COc1cc(/C=C(\C#N)C(=O)Nc2cccc(C(F)(F)F)c2)cc(Br)c1OCc1ccc([N+](=O)[O-])cc1. The molecule has 0 unspecified atom stereocenters. The lowest BCUT2D eigenvalue weighted by Crippen LogP contribution is -2.14. The lowest BCUT2D eigenvalue weighted by atomic mass is 10.1. The Labute approximate surface area is 217 Å². The van der Waals surface area contributed by atoms with Gasteiger partial charge in [-0.2, -0.15) is 18.4 Å². The number of carbonyl (C=O) groups excluding carboxylic acids is 1. The highest BCUT2D eigenvalue weighted by atomic mass is 79.9. The highest BCUT2D eigenvalue weighted by Gasteiger charge is 2.30. The molecule has 3 aromatic carbocycles. The number of ether oxygens (including phenoxy) is 2. The standard InChI is InChI=1S/C25H17BrF3N3O5/c1-36-22-11-16(10-21(26)23(22)37-14-15-5-7-20(8-6-15)32(34)35)9-17(13-30)24(33)31-19-4-2-3-18(12-19)25(27,28)29/h2-12H,14H2,1H3,(H,31,33)/b17-9+. The highest BCUT2D eigenvalue weighted by Crippen LogP contribution is 2.38. The molecule has 0 saturated heterocycles. The van der Waals surface area contributed by atoms with E-state index in [-0.39, 0.29) is 29.3 Å². The van der Waals surface area contributed by atoms with E-state index in [0.29, 0.717) is 21.3 Å². The normalized spacial score (nSPS) is 11.4. The fraction of sp³-hybridized carbons (Fsp3) is 0.120. The summed E-state index contributed by atoms with van der Waals surface area (Å²) in [6, 6.07) is 14.7. The van der Waals surface area contributed by atoms with Crippen LogP contribution < -0.4 is 14.8 Å². The summed E-state index contributed by atoms with van der Waals surface area (Å²) in [4.78, 5) is 22.8. The van der Waals surface area contributed by atoms with Crippen molar-refractivity contribution in [2.75, 3.05) is 12.4 Å². The molecule has 0 radical (unpaired) electrons. The van der Waals surface area contributed by atoms with Crippen LogP contribution in [0.5, 0.6) is 11.5 Å². The van der Waals surface area contributed by atoms with Gasteiger partial charge in [0.2, 0.25) is 0 Å². The number of hydrogen-bond donors (Lipinski definition) is 1. The number of carbonyl (C=O) groups is 1. The van der Waals surface area contributed by atoms with Crippen LogP contribution in [0.1, 0.15) is 16.7 Å². The number of rotatable bonds is 8. The van der Waals surface area contributed by atoms with Gasteiger partial charge in [0.1, 0.15) is 18.2 Å². The summed E-state index contributed by atoms with van der Waals surface area (Å²) in [7, 11) is 1.39. The zero-order chi connectivity index (χ0) is 27.2. The number of nitriles is 1. The largest absolute Gasteiger partial charge is 0.493 e. The van der Waals surface area contributed by atoms with Crippen molar-refractivity contribution >= 4 is 39.3 Å². The van der Waals surface area contributed by atoms with Crippen LogP contribution in [0.4, 0.5) is 24.5 Å². The van der Waals surface area contributed by atoms with E-state index in [4.69, 9.17) is 9.47 Å². The first-order valence-corrected chi connectivity index (χ1v) is 11.1. The smallest absolute Gasteiger partial charge is 0.416 e. The zero-order valence-corrected chi connectivity index (χ0v) is 20.6. The van der Waals surface area contributed by atoms with Crippen molar-refractivity contribution in [1.29, 1.82) is 5.26 Å². The lowest BCUT2D eigenvalue weighted by molar-refractivity contribution is -0.384. The van der Waals surface area contributed by atoms with E-state index in [2.05, 4.69) is 21.2 Å². The van der Waals surface area contributed by atoms with Crippen molar-refractivity contribution in [1.82, 2.24) is 0 Å². The number of amides is 1. The first-order valence-electron chi connectivity index (χ1n) is 10.4. The molecule has 0 fully saturated rings. The summed E-state index contributed by atoms with van der Waals surface area (Å²) in [6.07, 6.45) is -3.34. The summed E-state index contributed by atoms with van der Waals surface area (Å²) in [5.74, 6) is -0.321. The number of nitrogens with one attached hydrogen (secondary N) is 1. The Kier molecular flexibility index (Phi) is 8.52. The van der Waals surface area contributed by atoms with Crippen LogP contribution in [0.15, 0.2) is 70.7 Å². The van der Waals surface area contributed by atoms with Gasteiger partial charge in [-0.3, -0.25) is 14.9 Å². The van der Waals surface area contributed by atoms with Gasteiger partial charge in [-0.25, -0.2) is 0 Å². The van der Waals surface area contributed by atoms with Gasteiger partial charge in [0.05, 0.1) is 22.1 Å². The van der Waals surface area contributed by atoms with Crippen molar-refractivity contribution < 1.29 is 32.4 Å². The van der Waals surface area contributed by atoms with E-state index in [1.165, 1.54) is 37.5 Å². The molecule has 3 rings (SSSR count). The predicted molar refractivity (Wildman–Crippen MR) is 132 cm³/mol. The van der Waals surface area contributed by atoms with Gasteiger partial charge in [0.15, 0.2) is 11.5 Å². The number of nitro groups is 1. The summed E-state index contributed by atoms with van der Waals surface area (Å²) in [5.41, 5.74) is -0.417. The molecule has 12 heteroatoms. The van der Waals surface area contributed by atoms with Gasteiger partial charge in [-0.1, -0.05) is 6.07 Å². The minimum atomic E-state index is -4.58. The third kappa shape index (κ3) is 7.08. The molecule has 0 spiro atoms. The quantitative estimate of drug-likeness (QED) is 0.142. The van der Waals surface area contributed by atoms with Crippen molar-refractivity contribution in [2.24, 2.45) is 0 Å². The second kappa shape index (κ2) is 11.6. The van der Waals surface area contributed by atoms with Crippen LogP contribution in [0.25, 0.3) is 6.08 Å². The fourth-order valence-corrected chi connectivity index (χ4v) is 3.69. The molecule has 0 atom stereocenters. The second-order valence-corrected chi connectivity index (χ2v) is 8.30. The van der Waals surface area contributed by atoms with Crippen molar-refractivity contribution in [3.63, 3.8) is 0 Å². The van der Waals surface area contributed by atoms with Crippen LogP contribution in [-0.2, 0) is 17.6 Å². The maximum absolute atomic E-state index is 12.9. The molecular weight excluding hydrogens is 559 g/mol. The van der Waals surface area contributed by atoms with Gasteiger partial charge < -0.3 is 14.8 Å². The zero-order valence-electron chi connectivity index (χ0n) is 19.0. The van der Waals surface area contributed by atoms with Gasteiger partial charge in [-0.05, 0) is 75.6 Å². The molecule has 37 heavy (non-hydrogen) atoms. The first kappa shape index (κ1) is 27.2. The number of nitrogens with zero attached hydrogens (tertiary/aromatic N) is 2. The molecule has 3 aromatic rings. The number of nitro benzene ring substituents is 1. The number of benzene rings is 3. The average molecular weight is 576 g/mol. The Bertz CT molecular complexity index is 1400. The molecule has 0 bridgehead atoms. The number of methoxy groups -OCH3 is 1. The van der Waals surface area contributed by atoms with Crippen molar-refractivity contribution in [2.45, 2.75) is 12.8 Å². The first-order chi connectivity index (χ1) is 17.5. The number of alkyl halides is 3. The van der Waals surface area contributed by atoms with Gasteiger partial charge in [0, 0.05) is 17.8 Å². The topological polar surface area (TPSA) is 114 Å². The predicted octanol–water partition coefficient (Wildman–Crippen LogP) is 6.51. The van der Waals surface area contributed by atoms with E-state index in [9.17, 15) is 33.3 Å². The van der Waals surface area contributed by atoms with E-state index in [0.717, 1.165) is 18.2 Å². The van der Waals surface area contributed by atoms with E-state index in [1.54, 1.807) is 24.3 Å². The molecule has 0 aliphatic carbocycles. The number of anilines is 1. The van der Waals surface area contributed by atoms with Gasteiger partial charge >= 0.3 is 6.18 Å². The third-order valence-electron chi connectivity index (χ3n) is 4.91. The molecule has 190 valence electrons. The maximum atomic E-state index is 12.9. The Morgan fingerprint density at radius 2 is 1.89 bits per heavy atom. The molecular formula is C25H17BrF3N3O5. The van der Waals surface area contributed by atoms with Gasteiger partial charge in [-0.15, -0.1) is 0 Å². The van der Waals surface area contributed by atoms with Crippen LogP contribution in [0.2, 0.25) is 0 Å². The fourth-order valence-electron chi connectivity index (χ4n) is 3.12.